The molecular weight excluding hydrogens is 442 g/mol. The number of hydrogen-bond acceptors (Lipinski definition) is 4. The predicted molar refractivity (Wildman–Crippen MR) is 137 cm³/mol. The Bertz CT molecular complexity index is 1100. The molecule has 2 aromatic rings. The Labute approximate surface area is 206 Å². The first-order valence-corrected chi connectivity index (χ1v) is 12.3. The van der Waals surface area contributed by atoms with E-state index >= 15 is 0 Å². The number of para-hydroxylation sites is 1. The summed E-state index contributed by atoms with van der Waals surface area (Å²) in [6.07, 6.45) is 4.35. The number of hydrogen-bond donors (Lipinski definition) is 2. The number of aliphatic carboxylic acids is 1. The second-order valence-electron chi connectivity index (χ2n) is 9.55. The number of carboxylic acids is 1. The van der Waals surface area contributed by atoms with Crippen LogP contribution in [0.2, 0.25) is 0 Å². The molecule has 0 spiro atoms. The van der Waals surface area contributed by atoms with Crippen molar-refractivity contribution < 1.29 is 19.5 Å². The van der Waals surface area contributed by atoms with Gasteiger partial charge in [-0.2, -0.15) is 0 Å². The zero-order valence-corrected chi connectivity index (χ0v) is 20.3. The van der Waals surface area contributed by atoms with E-state index in [0.29, 0.717) is 43.1 Å². The maximum absolute atomic E-state index is 13.4. The van der Waals surface area contributed by atoms with E-state index in [-0.39, 0.29) is 11.8 Å². The monoisotopic (exact) mass is 475 g/mol. The zero-order valence-electron chi connectivity index (χ0n) is 20.3. The van der Waals surface area contributed by atoms with Gasteiger partial charge >= 0.3 is 5.97 Å². The van der Waals surface area contributed by atoms with Crippen LogP contribution in [0, 0.1) is 11.8 Å². The number of rotatable bonds is 6. The molecule has 0 bridgehead atoms. The van der Waals surface area contributed by atoms with Crippen LogP contribution in [0.5, 0.6) is 0 Å². The minimum Gasteiger partial charge on any atom is -0.481 e. The van der Waals surface area contributed by atoms with Gasteiger partial charge in [0.05, 0.1) is 23.1 Å². The van der Waals surface area contributed by atoms with Crippen molar-refractivity contribution in [2.75, 3.05) is 36.4 Å². The Balaban J connectivity index is 1.41. The van der Waals surface area contributed by atoms with Gasteiger partial charge in [-0.05, 0) is 48.6 Å². The molecule has 7 nitrogen and oxygen atoms in total. The molecular formula is C28H33N3O4. The molecule has 1 heterocycles. The van der Waals surface area contributed by atoms with Gasteiger partial charge in [0.2, 0.25) is 5.91 Å². The van der Waals surface area contributed by atoms with Crippen LogP contribution < -0.4 is 10.2 Å². The van der Waals surface area contributed by atoms with Gasteiger partial charge in [0.25, 0.3) is 5.91 Å². The first-order chi connectivity index (χ1) is 16.8. The summed E-state index contributed by atoms with van der Waals surface area (Å²) in [5, 5.41) is 12.3. The molecule has 2 amide bonds. The molecule has 2 aromatic carbocycles. The van der Waals surface area contributed by atoms with E-state index in [2.05, 4.69) is 48.3 Å². The quantitative estimate of drug-likeness (QED) is 0.606. The van der Waals surface area contributed by atoms with Crippen LogP contribution in [0.1, 0.15) is 48.5 Å². The third-order valence-corrected chi connectivity index (χ3v) is 6.99. The fraction of sp³-hybridized carbons (Fsp3) is 0.393. The van der Waals surface area contributed by atoms with Gasteiger partial charge in [0.15, 0.2) is 0 Å². The number of allylic oxidation sites excluding steroid dienone is 2. The van der Waals surface area contributed by atoms with Crippen molar-refractivity contribution in [2.45, 2.75) is 32.6 Å². The molecule has 4 rings (SSSR count). The number of anilines is 2. The first-order valence-electron chi connectivity index (χ1n) is 12.3. The third kappa shape index (κ3) is 5.56. The number of nitrogens with zero attached hydrogens (tertiary/aromatic N) is 2. The molecule has 2 aliphatic rings. The van der Waals surface area contributed by atoms with Gasteiger partial charge in [-0.15, -0.1) is 0 Å². The van der Waals surface area contributed by atoms with E-state index in [1.807, 2.05) is 11.0 Å². The first kappa shape index (κ1) is 24.5. The lowest BCUT2D eigenvalue weighted by molar-refractivity contribution is -0.146. The van der Waals surface area contributed by atoms with E-state index in [9.17, 15) is 19.5 Å². The highest BCUT2D eigenvalue weighted by molar-refractivity contribution is 6.04. The topological polar surface area (TPSA) is 90.0 Å². The smallest absolute Gasteiger partial charge is 0.307 e. The van der Waals surface area contributed by atoms with Crippen molar-refractivity contribution in [2.24, 2.45) is 11.8 Å². The molecule has 0 radical (unpaired) electrons. The van der Waals surface area contributed by atoms with E-state index in [4.69, 9.17) is 0 Å². The molecule has 0 unspecified atom stereocenters. The minimum absolute atomic E-state index is 0.131. The maximum atomic E-state index is 13.4. The van der Waals surface area contributed by atoms with Crippen molar-refractivity contribution in [3.63, 3.8) is 0 Å². The number of carboxylic acid groups (broad SMARTS) is 1. The van der Waals surface area contributed by atoms with Gasteiger partial charge in [0.1, 0.15) is 0 Å². The van der Waals surface area contributed by atoms with Crippen molar-refractivity contribution >= 4 is 29.2 Å². The normalized spacial score (nSPS) is 20.1. The number of carbonyl (C=O) groups excluding carboxylic acids is 2. The van der Waals surface area contributed by atoms with Gasteiger partial charge in [-0.3, -0.25) is 14.4 Å². The maximum Gasteiger partial charge on any atom is 0.307 e. The van der Waals surface area contributed by atoms with Crippen molar-refractivity contribution in [1.29, 1.82) is 0 Å². The van der Waals surface area contributed by atoms with Gasteiger partial charge in [0, 0.05) is 31.9 Å². The summed E-state index contributed by atoms with van der Waals surface area (Å²) in [4.78, 5) is 42.0. The highest BCUT2D eigenvalue weighted by atomic mass is 16.4. The van der Waals surface area contributed by atoms with Crippen LogP contribution in [0.15, 0.2) is 60.7 Å². The van der Waals surface area contributed by atoms with Crippen LogP contribution in [0.25, 0.3) is 0 Å². The second-order valence-corrected chi connectivity index (χ2v) is 9.55. The summed E-state index contributed by atoms with van der Waals surface area (Å²) in [5.41, 5.74) is 3.31. The molecule has 1 aliphatic heterocycles. The van der Waals surface area contributed by atoms with Crippen LogP contribution in [-0.4, -0.2) is 54.0 Å². The summed E-state index contributed by atoms with van der Waals surface area (Å²) in [6, 6.07) is 15.6. The molecule has 0 aromatic heterocycles. The molecule has 7 heteroatoms. The molecule has 1 saturated heterocycles. The molecule has 2 atom stereocenters. The van der Waals surface area contributed by atoms with E-state index in [1.165, 1.54) is 5.56 Å². The summed E-state index contributed by atoms with van der Waals surface area (Å²) >= 11 is 0. The Morgan fingerprint density at radius 2 is 1.51 bits per heavy atom. The van der Waals surface area contributed by atoms with E-state index in [0.717, 1.165) is 18.8 Å². The number of piperazine rings is 1. The average Bonchev–Trinajstić information content (AvgIpc) is 2.88. The Morgan fingerprint density at radius 3 is 2.14 bits per heavy atom. The van der Waals surface area contributed by atoms with Crippen molar-refractivity contribution in [3.8, 4) is 0 Å². The molecule has 184 valence electrons. The summed E-state index contributed by atoms with van der Waals surface area (Å²) in [6.45, 7) is 6.99. The molecule has 35 heavy (non-hydrogen) atoms. The van der Waals surface area contributed by atoms with Crippen LogP contribution in [0.4, 0.5) is 11.4 Å². The minimum atomic E-state index is -0.976. The molecule has 0 saturated carbocycles. The standard InChI is InChI=1S/C28H33N3O4/c1-19(2)20-11-13-21(14-12-20)30-15-17-31(18-16-30)27(33)24-9-5-6-10-25(24)29-26(32)22-7-3-4-8-23(22)28(34)35/h3-6,9-14,19,22-23H,7-8,15-18H2,1-2H3,(H,29,32)(H,34,35)/t22-,23-/m1/s1. The molecule has 1 aliphatic carbocycles. The number of benzene rings is 2. The fourth-order valence-corrected chi connectivity index (χ4v) is 4.79. The fourth-order valence-electron chi connectivity index (χ4n) is 4.79. The van der Waals surface area contributed by atoms with Gasteiger partial charge < -0.3 is 20.2 Å². The van der Waals surface area contributed by atoms with Crippen LogP contribution >= 0.6 is 0 Å². The lowest BCUT2D eigenvalue weighted by Crippen LogP contribution is -2.49. The van der Waals surface area contributed by atoms with E-state index < -0.39 is 17.8 Å². The summed E-state index contributed by atoms with van der Waals surface area (Å²) < 4.78 is 0. The van der Waals surface area contributed by atoms with Crippen LogP contribution in [0.3, 0.4) is 0 Å². The lowest BCUT2D eigenvalue weighted by atomic mass is 9.82. The summed E-state index contributed by atoms with van der Waals surface area (Å²) in [5.74, 6) is -2.40. The average molecular weight is 476 g/mol. The Morgan fingerprint density at radius 1 is 0.886 bits per heavy atom. The third-order valence-electron chi connectivity index (χ3n) is 6.99. The number of nitrogens with one attached hydrogen (secondary N) is 1. The van der Waals surface area contributed by atoms with Crippen molar-refractivity contribution in [3.05, 3.63) is 71.8 Å². The van der Waals surface area contributed by atoms with Crippen LogP contribution in [-0.2, 0) is 9.59 Å². The Kier molecular flexibility index (Phi) is 7.54. The number of carbonyl (C=O) groups is 3. The summed E-state index contributed by atoms with van der Waals surface area (Å²) in [7, 11) is 0. The Hall–Kier alpha value is -3.61. The zero-order chi connectivity index (χ0) is 24.9. The largest absolute Gasteiger partial charge is 0.481 e. The van der Waals surface area contributed by atoms with Gasteiger partial charge in [-0.25, -0.2) is 0 Å². The van der Waals surface area contributed by atoms with Crippen molar-refractivity contribution in [1.82, 2.24) is 4.90 Å². The molecule has 2 N–H and O–H groups in total. The molecule has 1 fully saturated rings. The predicted octanol–water partition coefficient (Wildman–Crippen LogP) is 4.38. The second kappa shape index (κ2) is 10.8. The lowest BCUT2D eigenvalue weighted by Gasteiger charge is -2.36. The highest BCUT2D eigenvalue weighted by Crippen LogP contribution is 2.28. The SMILES string of the molecule is CC(C)c1ccc(N2CCN(C(=O)c3ccccc3NC(=O)[C@@H]3CC=CC[C@H]3C(=O)O)CC2)cc1. The van der Waals surface area contributed by atoms with E-state index in [1.54, 1.807) is 30.3 Å². The number of amides is 2. The highest BCUT2D eigenvalue weighted by Gasteiger charge is 2.34. The van der Waals surface area contributed by atoms with Gasteiger partial charge in [-0.1, -0.05) is 50.3 Å².